The summed E-state index contributed by atoms with van der Waals surface area (Å²) in [5.41, 5.74) is 1.19. The normalized spacial score (nSPS) is 10.2. The Morgan fingerprint density at radius 1 is 0.824 bits per heavy atom. The summed E-state index contributed by atoms with van der Waals surface area (Å²) in [7, 11) is 0. The molecule has 3 heteroatoms. The van der Waals surface area contributed by atoms with Crippen LogP contribution in [0.3, 0.4) is 0 Å². The van der Waals surface area contributed by atoms with E-state index in [0.717, 1.165) is 5.56 Å². The van der Waals surface area contributed by atoms with E-state index in [1.807, 2.05) is 0 Å². The molecule has 0 aliphatic rings. The molecule has 0 saturated heterocycles. The van der Waals surface area contributed by atoms with Gasteiger partial charge >= 0.3 is 0 Å². The standard InChI is InChI=1S/C14H10F2O/c15-12-5-1-10(2-6-12)9-14(17)11-3-7-13(16)8-4-11/h1-8H,9H2. The maximum atomic E-state index is 12.7. The van der Waals surface area contributed by atoms with Gasteiger partial charge in [0.15, 0.2) is 5.78 Å². The first-order chi connectivity index (χ1) is 8.15. The number of hydrogen-bond donors (Lipinski definition) is 0. The molecule has 86 valence electrons. The average molecular weight is 232 g/mol. The van der Waals surface area contributed by atoms with Crippen LogP contribution >= 0.6 is 0 Å². The number of halogens is 2. The summed E-state index contributed by atoms with van der Waals surface area (Å²) in [6.07, 6.45) is 0.186. The molecule has 0 amide bonds. The molecule has 0 fully saturated rings. The van der Waals surface area contributed by atoms with E-state index in [-0.39, 0.29) is 23.8 Å². The second-order valence-electron chi connectivity index (χ2n) is 3.73. The largest absolute Gasteiger partial charge is 0.294 e. The van der Waals surface area contributed by atoms with E-state index in [1.54, 1.807) is 12.1 Å². The first-order valence-electron chi connectivity index (χ1n) is 5.18. The Kier molecular flexibility index (Phi) is 3.28. The highest BCUT2D eigenvalue weighted by Crippen LogP contribution is 2.09. The number of carbonyl (C=O) groups excluding carboxylic acids is 1. The monoisotopic (exact) mass is 232 g/mol. The topological polar surface area (TPSA) is 17.1 Å². The minimum Gasteiger partial charge on any atom is -0.294 e. The fraction of sp³-hybridized carbons (Fsp3) is 0.0714. The molecule has 0 spiro atoms. The highest BCUT2D eigenvalue weighted by molar-refractivity contribution is 5.97. The molecule has 2 aromatic carbocycles. The maximum absolute atomic E-state index is 12.7. The molecule has 0 atom stereocenters. The van der Waals surface area contributed by atoms with Crippen LogP contribution in [0.15, 0.2) is 48.5 Å². The molecule has 0 N–H and O–H groups in total. The lowest BCUT2D eigenvalue weighted by Gasteiger charge is -2.01. The second-order valence-corrected chi connectivity index (χ2v) is 3.73. The van der Waals surface area contributed by atoms with E-state index in [1.165, 1.54) is 36.4 Å². The van der Waals surface area contributed by atoms with Crippen molar-refractivity contribution in [2.45, 2.75) is 6.42 Å². The molecule has 0 bridgehead atoms. The number of carbonyl (C=O) groups is 1. The lowest BCUT2D eigenvalue weighted by Crippen LogP contribution is -2.03. The van der Waals surface area contributed by atoms with E-state index in [0.29, 0.717) is 5.56 Å². The van der Waals surface area contributed by atoms with Crippen LogP contribution in [0.2, 0.25) is 0 Å². The van der Waals surface area contributed by atoms with Crippen molar-refractivity contribution in [3.8, 4) is 0 Å². The van der Waals surface area contributed by atoms with Gasteiger partial charge in [-0.1, -0.05) is 12.1 Å². The molecule has 1 nitrogen and oxygen atoms in total. The number of Topliss-reactive ketones (excluding diaryl/α,β-unsaturated/α-hetero) is 1. The average Bonchev–Trinajstić information content (AvgIpc) is 2.33. The van der Waals surface area contributed by atoms with Gasteiger partial charge in [0.05, 0.1) is 0 Å². The quantitative estimate of drug-likeness (QED) is 0.741. The molecule has 0 heterocycles. The summed E-state index contributed by atoms with van der Waals surface area (Å²) in [6, 6.07) is 11.1. The first kappa shape index (κ1) is 11.5. The van der Waals surface area contributed by atoms with Crippen molar-refractivity contribution in [1.29, 1.82) is 0 Å². The maximum Gasteiger partial charge on any atom is 0.167 e. The minimum atomic E-state index is -0.372. The van der Waals surface area contributed by atoms with E-state index in [2.05, 4.69) is 0 Å². The fourth-order valence-electron chi connectivity index (χ4n) is 1.53. The van der Waals surface area contributed by atoms with Gasteiger partial charge in [-0.15, -0.1) is 0 Å². The van der Waals surface area contributed by atoms with Crippen LogP contribution in [0, 0.1) is 11.6 Å². The van der Waals surface area contributed by atoms with Gasteiger partial charge < -0.3 is 0 Å². The minimum absolute atomic E-state index is 0.114. The van der Waals surface area contributed by atoms with Crippen molar-refractivity contribution < 1.29 is 13.6 Å². The Balaban J connectivity index is 2.11. The zero-order chi connectivity index (χ0) is 12.3. The third-order valence-corrected chi connectivity index (χ3v) is 2.44. The highest BCUT2D eigenvalue weighted by Gasteiger charge is 2.07. The number of ketones is 1. The van der Waals surface area contributed by atoms with E-state index in [9.17, 15) is 13.6 Å². The Bertz CT molecular complexity index is 515. The van der Waals surface area contributed by atoms with Gasteiger partial charge in [0.2, 0.25) is 0 Å². The van der Waals surface area contributed by atoms with Gasteiger partial charge in [-0.2, -0.15) is 0 Å². The zero-order valence-electron chi connectivity index (χ0n) is 8.99. The third-order valence-electron chi connectivity index (χ3n) is 2.44. The SMILES string of the molecule is O=C(Cc1ccc(F)cc1)c1ccc(F)cc1. The number of rotatable bonds is 3. The van der Waals surface area contributed by atoms with Crippen LogP contribution in [-0.2, 0) is 6.42 Å². The van der Waals surface area contributed by atoms with Crippen LogP contribution in [0.1, 0.15) is 15.9 Å². The smallest absolute Gasteiger partial charge is 0.167 e. The molecule has 0 radical (unpaired) electrons. The van der Waals surface area contributed by atoms with Crippen molar-refractivity contribution in [1.82, 2.24) is 0 Å². The summed E-state index contributed by atoms with van der Waals surface area (Å²) in [4.78, 5) is 11.8. The summed E-state index contributed by atoms with van der Waals surface area (Å²) in [5, 5.41) is 0. The zero-order valence-corrected chi connectivity index (χ0v) is 8.99. The third kappa shape index (κ3) is 2.97. The highest BCUT2D eigenvalue weighted by atomic mass is 19.1. The van der Waals surface area contributed by atoms with E-state index >= 15 is 0 Å². The molecule has 0 aliphatic carbocycles. The Morgan fingerprint density at radius 3 is 1.82 bits per heavy atom. The Morgan fingerprint density at radius 2 is 1.29 bits per heavy atom. The van der Waals surface area contributed by atoms with Crippen LogP contribution in [0.5, 0.6) is 0 Å². The first-order valence-corrected chi connectivity index (χ1v) is 5.18. The predicted octanol–water partition coefficient (Wildman–Crippen LogP) is 3.39. The molecular weight excluding hydrogens is 222 g/mol. The number of hydrogen-bond acceptors (Lipinski definition) is 1. The molecular formula is C14H10F2O. The van der Waals surface area contributed by atoms with Gasteiger partial charge in [0.1, 0.15) is 11.6 Å². The predicted molar refractivity (Wildman–Crippen MR) is 60.8 cm³/mol. The fourth-order valence-corrected chi connectivity index (χ4v) is 1.53. The van der Waals surface area contributed by atoms with Gasteiger partial charge in [-0.05, 0) is 42.0 Å². The Hall–Kier alpha value is -2.03. The van der Waals surface area contributed by atoms with Crippen molar-refractivity contribution in [2.75, 3.05) is 0 Å². The van der Waals surface area contributed by atoms with Crippen molar-refractivity contribution in [3.63, 3.8) is 0 Å². The lowest BCUT2D eigenvalue weighted by atomic mass is 10.0. The summed E-state index contributed by atoms with van der Waals surface area (Å²) < 4.78 is 25.3. The molecule has 0 saturated carbocycles. The molecule has 2 rings (SSSR count). The van der Waals surface area contributed by atoms with Gasteiger partial charge in [-0.25, -0.2) is 8.78 Å². The molecule has 2 aromatic rings. The second kappa shape index (κ2) is 4.87. The summed E-state index contributed by atoms with van der Waals surface area (Å²) in [5.74, 6) is -0.817. The van der Waals surface area contributed by atoms with E-state index in [4.69, 9.17) is 0 Å². The molecule has 17 heavy (non-hydrogen) atoms. The number of benzene rings is 2. The summed E-state index contributed by atoms with van der Waals surface area (Å²) in [6.45, 7) is 0. The van der Waals surface area contributed by atoms with Gasteiger partial charge in [-0.3, -0.25) is 4.79 Å². The molecule has 0 unspecified atom stereocenters. The van der Waals surface area contributed by atoms with Crippen molar-refractivity contribution in [2.24, 2.45) is 0 Å². The van der Waals surface area contributed by atoms with Gasteiger partial charge in [0, 0.05) is 12.0 Å². The van der Waals surface area contributed by atoms with Crippen LogP contribution < -0.4 is 0 Å². The van der Waals surface area contributed by atoms with Crippen LogP contribution in [-0.4, -0.2) is 5.78 Å². The summed E-state index contributed by atoms with van der Waals surface area (Å²) >= 11 is 0. The lowest BCUT2D eigenvalue weighted by molar-refractivity contribution is 0.0993. The van der Waals surface area contributed by atoms with Crippen LogP contribution in [0.4, 0.5) is 8.78 Å². The van der Waals surface area contributed by atoms with Crippen molar-refractivity contribution >= 4 is 5.78 Å². The van der Waals surface area contributed by atoms with Crippen LogP contribution in [0.25, 0.3) is 0 Å². The molecule has 0 aromatic heterocycles. The van der Waals surface area contributed by atoms with E-state index < -0.39 is 0 Å². The molecule has 0 aliphatic heterocycles. The van der Waals surface area contributed by atoms with Gasteiger partial charge in [0.25, 0.3) is 0 Å². The Labute approximate surface area is 97.7 Å². The van der Waals surface area contributed by atoms with Crippen molar-refractivity contribution in [3.05, 3.63) is 71.3 Å².